The highest BCUT2D eigenvalue weighted by Crippen LogP contribution is 2.34. The topological polar surface area (TPSA) is 53.1 Å². The highest BCUT2D eigenvalue weighted by atomic mass is 16.5. The van der Waals surface area contributed by atoms with Crippen LogP contribution in [0.25, 0.3) is 0 Å². The van der Waals surface area contributed by atoms with Gasteiger partial charge < -0.3 is 14.5 Å². The molecule has 2 saturated heterocycles. The van der Waals surface area contributed by atoms with Gasteiger partial charge in [0.15, 0.2) is 0 Å². The summed E-state index contributed by atoms with van der Waals surface area (Å²) in [6.45, 7) is 7.11. The van der Waals surface area contributed by atoms with Crippen LogP contribution in [0.2, 0.25) is 0 Å². The van der Waals surface area contributed by atoms with E-state index in [-0.39, 0.29) is 17.2 Å². The van der Waals surface area contributed by atoms with Gasteiger partial charge in [0.05, 0.1) is 19.8 Å². The Bertz CT molecular complexity index is 694. The zero-order valence-corrected chi connectivity index (χ0v) is 18.2. The average molecular weight is 402 g/mol. The van der Waals surface area contributed by atoms with Crippen LogP contribution < -0.4 is 0 Å². The van der Waals surface area contributed by atoms with Crippen LogP contribution in [-0.4, -0.2) is 86.5 Å². The van der Waals surface area contributed by atoms with E-state index in [0.29, 0.717) is 19.8 Å². The van der Waals surface area contributed by atoms with Gasteiger partial charge >= 0.3 is 0 Å². The first-order valence-corrected chi connectivity index (χ1v) is 10.8. The number of benzene rings is 1. The van der Waals surface area contributed by atoms with E-state index in [0.717, 1.165) is 57.4 Å². The maximum Gasteiger partial charge on any atom is 0.253 e. The normalized spacial score (nSPS) is 19.8. The van der Waals surface area contributed by atoms with Gasteiger partial charge in [-0.1, -0.05) is 25.5 Å². The van der Waals surface area contributed by atoms with Crippen LogP contribution in [0.3, 0.4) is 0 Å². The van der Waals surface area contributed by atoms with Crippen molar-refractivity contribution in [1.29, 1.82) is 0 Å². The molecular weight excluding hydrogens is 366 g/mol. The summed E-state index contributed by atoms with van der Waals surface area (Å²) < 4.78 is 5.91. The minimum atomic E-state index is 0.0326. The summed E-state index contributed by atoms with van der Waals surface area (Å²) in [6.07, 6.45) is 3.99. The second kappa shape index (κ2) is 9.72. The van der Waals surface area contributed by atoms with E-state index in [1.54, 1.807) is 19.0 Å². The van der Waals surface area contributed by atoms with Crippen LogP contribution in [0.4, 0.5) is 0 Å². The molecule has 0 unspecified atom stereocenters. The summed E-state index contributed by atoms with van der Waals surface area (Å²) in [4.78, 5) is 30.9. The van der Waals surface area contributed by atoms with Gasteiger partial charge in [-0.3, -0.25) is 14.5 Å². The van der Waals surface area contributed by atoms with Gasteiger partial charge in [0, 0.05) is 51.3 Å². The molecule has 160 valence electrons. The van der Waals surface area contributed by atoms with E-state index < -0.39 is 0 Å². The zero-order chi connectivity index (χ0) is 20.9. The summed E-state index contributed by atoms with van der Waals surface area (Å²) in [6, 6.07) is 8.06. The number of hydrogen-bond acceptors (Lipinski definition) is 4. The van der Waals surface area contributed by atoms with Crippen molar-refractivity contribution >= 4 is 11.8 Å². The van der Waals surface area contributed by atoms with Crippen molar-refractivity contribution in [1.82, 2.24) is 14.7 Å². The highest BCUT2D eigenvalue weighted by Gasteiger charge is 2.39. The molecule has 1 aromatic rings. The number of carbonyl (C=O) groups excluding carboxylic acids is 2. The number of nitrogens with zero attached hydrogens (tertiary/aromatic N) is 3. The van der Waals surface area contributed by atoms with E-state index in [1.807, 2.05) is 17.0 Å². The van der Waals surface area contributed by atoms with E-state index in [4.69, 9.17) is 4.74 Å². The van der Waals surface area contributed by atoms with Crippen LogP contribution in [-0.2, 0) is 16.0 Å². The molecule has 2 fully saturated rings. The molecule has 0 aromatic heterocycles. The molecule has 0 atom stereocenters. The second-order valence-electron chi connectivity index (χ2n) is 8.79. The van der Waals surface area contributed by atoms with Crippen LogP contribution >= 0.6 is 0 Å². The van der Waals surface area contributed by atoms with Gasteiger partial charge in [-0.05, 0) is 37.0 Å². The number of rotatable bonds is 5. The fourth-order valence-electron chi connectivity index (χ4n) is 4.32. The monoisotopic (exact) mass is 401 g/mol. The van der Waals surface area contributed by atoms with Crippen molar-refractivity contribution in [3.63, 3.8) is 0 Å². The van der Waals surface area contributed by atoms with Crippen molar-refractivity contribution in [2.24, 2.45) is 5.41 Å². The second-order valence-corrected chi connectivity index (χ2v) is 8.79. The quantitative estimate of drug-likeness (QED) is 0.760. The Morgan fingerprint density at radius 1 is 1.10 bits per heavy atom. The molecule has 0 radical (unpaired) electrons. The summed E-state index contributed by atoms with van der Waals surface area (Å²) >= 11 is 0. The van der Waals surface area contributed by atoms with E-state index in [2.05, 4.69) is 24.0 Å². The lowest BCUT2D eigenvalue weighted by Crippen LogP contribution is -2.50. The average Bonchev–Trinajstić information content (AvgIpc) is 2.91. The van der Waals surface area contributed by atoms with Gasteiger partial charge in [-0.25, -0.2) is 0 Å². The molecule has 29 heavy (non-hydrogen) atoms. The van der Waals surface area contributed by atoms with Crippen molar-refractivity contribution < 1.29 is 14.3 Å². The fraction of sp³-hybridized carbons (Fsp3) is 0.652. The predicted octanol–water partition coefficient (Wildman–Crippen LogP) is 2.28. The predicted molar refractivity (Wildman–Crippen MR) is 114 cm³/mol. The number of amides is 2. The molecule has 0 N–H and O–H groups in total. The summed E-state index contributed by atoms with van der Waals surface area (Å²) in [5, 5.41) is 0. The van der Waals surface area contributed by atoms with Crippen LogP contribution in [0.15, 0.2) is 24.3 Å². The van der Waals surface area contributed by atoms with Gasteiger partial charge in [-0.15, -0.1) is 0 Å². The van der Waals surface area contributed by atoms with Crippen molar-refractivity contribution in [2.45, 2.75) is 32.6 Å². The molecule has 2 aliphatic rings. The first kappa shape index (κ1) is 21.8. The standard InChI is InChI=1S/C23H35N3O3/c1-4-5-19-6-8-20(9-7-19)22(28)26-12-10-23(11-13-26)17-25(14-15-29-18-23)16-21(27)24(2)3/h6-9H,4-5,10-18H2,1-3H3. The van der Waals surface area contributed by atoms with E-state index in [9.17, 15) is 9.59 Å². The molecule has 1 aromatic carbocycles. The molecule has 0 saturated carbocycles. The fourth-order valence-corrected chi connectivity index (χ4v) is 4.32. The third kappa shape index (κ3) is 5.58. The summed E-state index contributed by atoms with van der Waals surface area (Å²) in [5.41, 5.74) is 2.09. The minimum absolute atomic E-state index is 0.0326. The molecule has 2 heterocycles. The van der Waals surface area contributed by atoms with Crippen LogP contribution in [0, 0.1) is 5.41 Å². The molecule has 3 rings (SSSR count). The molecule has 2 amide bonds. The summed E-state index contributed by atoms with van der Waals surface area (Å²) in [5.74, 6) is 0.248. The van der Waals surface area contributed by atoms with E-state index in [1.165, 1.54) is 5.56 Å². The third-order valence-corrected chi connectivity index (χ3v) is 6.23. The SMILES string of the molecule is CCCc1ccc(C(=O)N2CCC3(CC2)COCCN(CC(=O)N(C)C)C3)cc1. The number of aryl methyl sites for hydroxylation is 1. The van der Waals surface area contributed by atoms with Crippen LogP contribution in [0.5, 0.6) is 0 Å². The lowest BCUT2D eigenvalue weighted by Gasteiger charge is -2.42. The van der Waals surface area contributed by atoms with E-state index >= 15 is 0 Å². The Labute approximate surface area is 174 Å². The Balaban J connectivity index is 1.59. The maximum atomic E-state index is 12.9. The van der Waals surface area contributed by atoms with Crippen molar-refractivity contribution in [2.75, 3.05) is 60.0 Å². The first-order chi connectivity index (χ1) is 13.9. The molecule has 0 bridgehead atoms. The first-order valence-electron chi connectivity index (χ1n) is 10.8. The zero-order valence-electron chi connectivity index (χ0n) is 18.2. The third-order valence-electron chi connectivity index (χ3n) is 6.23. The van der Waals surface area contributed by atoms with Gasteiger partial charge in [0.2, 0.25) is 5.91 Å². The largest absolute Gasteiger partial charge is 0.379 e. The number of ether oxygens (including phenoxy) is 1. The minimum Gasteiger partial charge on any atom is -0.379 e. The Hall–Kier alpha value is -1.92. The van der Waals surface area contributed by atoms with Crippen molar-refractivity contribution in [3.8, 4) is 0 Å². The molecule has 1 spiro atoms. The smallest absolute Gasteiger partial charge is 0.253 e. The number of piperidine rings is 1. The molecule has 6 nitrogen and oxygen atoms in total. The van der Waals surface area contributed by atoms with Gasteiger partial charge in [0.25, 0.3) is 5.91 Å². The lowest BCUT2D eigenvalue weighted by atomic mass is 9.78. The molecule has 2 aliphatic heterocycles. The molecule has 0 aliphatic carbocycles. The summed E-state index contributed by atoms with van der Waals surface area (Å²) in [7, 11) is 3.59. The Morgan fingerprint density at radius 2 is 1.79 bits per heavy atom. The Morgan fingerprint density at radius 3 is 2.41 bits per heavy atom. The number of carbonyl (C=O) groups is 2. The van der Waals surface area contributed by atoms with Gasteiger partial charge in [0.1, 0.15) is 0 Å². The number of likely N-dealkylation sites (N-methyl/N-ethyl adjacent to an activating group) is 1. The molecular formula is C23H35N3O3. The maximum absolute atomic E-state index is 12.9. The molecule has 6 heteroatoms. The lowest BCUT2D eigenvalue weighted by molar-refractivity contribution is -0.130. The number of hydrogen-bond donors (Lipinski definition) is 0. The van der Waals surface area contributed by atoms with Crippen LogP contribution in [0.1, 0.15) is 42.1 Å². The van der Waals surface area contributed by atoms with Gasteiger partial charge in [-0.2, -0.15) is 0 Å². The van der Waals surface area contributed by atoms with Crippen molar-refractivity contribution in [3.05, 3.63) is 35.4 Å². The Kier molecular flexibility index (Phi) is 7.30. The highest BCUT2D eigenvalue weighted by molar-refractivity contribution is 5.94. The number of likely N-dealkylation sites (tertiary alicyclic amines) is 1.